The number of nitrogens with one attached hydrogen (secondary N) is 1. The minimum atomic E-state index is -4.44. The van der Waals surface area contributed by atoms with Gasteiger partial charge in [-0.3, -0.25) is 9.78 Å². The average molecular weight is 466 g/mol. The fraction of sp³-hybridized carbons (Fsp3) is 0.292. The maximum Gasteiger partial charge on any atom is 0.417 e. The molecule has 34 heavy (non-hydrogen) atoms. The lowest BCUT2D eigenvalue weighted by Crippen LogP contribution is -2.48. The SMILES string of the molecule is C=C1C2CC(CNc3ccc(C(F)(F)F)cn3)N(C(=O)c3ncccc3-c3ncccn3)CC12. The van der Waals surface area contributed by atoms with Crippen molar-refractivity contribution in [2.24, 2.45) is 11.8 Å². The predicted molar refractivity (Wildman–Crippen MR) is 119 cm³/mol. The minimum Gasteiger partial charge on any atom is -0.368 e. The number of alkyl halides is 3. The standard InChI is InChI=1S/C24H21F3N6O/c1-14-18-10-16(12-32-20-6-5-15(11-31-20)24(25,26)27)33(13-19(14)18)23(34)21-17(4-2-7-28-21)22-29-8-3-9-30-22/h2-9,11,16,18-19H,1,10,12-13H2,(H,31,32). The Bertz CT molecular complexity index is 1220. The number of hydrogen-bond donors (Lipinski definition) is 1. The third kappa shape index (κ3) is 4.23. The number of piperidine rings is 1. The number of aromatic nitrogens is 4. The van der Waals surface area contributed by atoms with Crippen LogP contribution in [0, 0.1) is 11.8 Å². The molecule has 1 aliphatic heterocycles. The third-order valence-electron chi connectivity index (χ3n) is 6.38. The van der Waals surface area contributed by atoms with E-state index in [2.05, 4.69) is 31.8 Å². The van der Waals surface area contributed by atoms with E-state index in [1.54, 1.807) is 41.7 Å². The Morgan fingerprint density at radius 1 is 1.06 bits per heavy atom. The summed E-state index contributed by atoms with van der Waals surface area (Å²) in [5, 5.41) is 3.08. The van der Waals surface area contributed by atoms with Gasteiger partial charge in [0.25, 0.3) is 5.91 Å². The number of nitrogens with zero attached hydrogens (tertiary/aromatic N) is 5. The summed E-state index contributed by atoms with van der Waals surface area (Å²) in [6.07, 6.45) is 1.84. The number of carbonyl (C=O) groups is 1. The van der Waals surface area contributed by atoms with Gasteiger partial charge in [-0.25, -0.2) is 15.0 Å². The molecule has 1 aliphatic carbocycles. The molecule has 1 N–H and O–H groups in total. The van der Waals surface area contributed by atoms with Crippen LogP contribution in [0.5, 0.6) is 0 Å². The monoisotopic (exact) mass is 466 g/mol. The molecule has 3 aromatic heterocycles. The first-order valence-electron chi connectivity index (χ1n) is 10.8. The first-order valence-corrected chi connectivity index (χ1v) is 10.8. The van der Waals surface area contributed by atoms with Crippen LogP contribution in [0.25, 0.3) is 11.4 Å². The van der Waals surface area contributed by atoms with Gasteiger partial charge in [0.15, 0.2) is 5.82 Å². The van der Waals surface area contributed by atoms with Gasteiger partial charge < -0.3 is 10.2 Å². The van der Waals surface area contributed by atoms with Gasteiger partial charge in [0, 0.05) is 49.8 Å². The molecule has 1 amide bonds. The highest BCUT2D eigenvalue weighted by Crippen LogP contribution is 2.51. The number of anilines is 1. The molecule has 7 nitrogen and oxygen atoms in total. The highest BCUT2D eigenvalue weighted by Gasteiger charge is 2.50. The van der Waals surface area contributed by atoms with Crippen molar-refractivity contribution in [1.29, 1.82) is 0 Å². The van der Waals surface area contributed by atoms with Crippen molar-refractivity contribution in [3.8, 4) is 11.4 Å². The van der Waals surface area contributed by atoms with Crippen LogP contribution >= 0.6 is 0 Å². The van der Waals surface area contributed by atoms with Crippen LogP contribution in [0.4, 0.5) is 19.0 Å². The van der Waals surface area contributed by atoms with Crippen LogP contribution in [0.3, 0.4) is 0 Å². The quantitative estimate of drug-likeness (QED) is 0.571. The lowest BCUT2D eigenvalue weighted by atomic mass is 10.0. The number of amides is 1. The van der Waals surface area contributed by atoms with E-state index in [0.29, 0.717) is 42.6 Å². The van der Waals surface area contributed by atoms with Gasteiger partial charge in [-0.15, -0.1) is 0 Å². The Balaban J connectivity index is 1.37. The Hall–Kier alpha value is -3.82. The maximum atomic E-state index is 13.7. The molecule has 0 aromatic carbocycles. The van der Waals surface area contributed by atoms with E-state index in [4.69, 9.17) is 0 Å². The molecule has 4 heterocycles. The molecule has 1 saturated carbocycles. The van der Waals surface area contributed by atoms with E-state index in [1.165, 1.54) is 6.07 Å². The second-order valence-corrected chi connectivity index (χ2v) is 8.42. The largest absolute Gasteiger partial charge is 0.417 e. The normalized spacial score (nSPS) is 21.7. The highest BCUT2D eigenvalue weighted by molar-refractivity contribution is 5.98. The van der Waals surface area contributed by atoms with Crippen molar-refractivity contribution < 1.29 is 18.0 Å². The summed E-state index contributed by atoms with van der Waals surface area (Å²) in [6.45, 7) is 4.97. The fourth-order valence-corrected chi connectivity index (χ4v) is 4.45. The van der Waals surface area contributed by atoms with Gasteiger partial charge in [-0.2, -0.15) is 13.2 Å². The van der Waals surface area contributed by atoms with Gasteiger partial charge in [0.05, 0.1) is 11.1 Å². The predicted octanol–water partition coefficient (Wildman–Crippen LogP) is 4.08. The van der Waals surface area contributed by atoms with Gasteiger partial charge in [-0.05, 0) is 42.7 Å². The number of pyridine rings is 2. The number of rotatable bonds is 5. The van der Waals surface area contributed by atoms with E-state index in [1.807, 2.05) is 0 Å². The molecule has 5 rings (SSSR count). The Morgan fingerprint density at radius 2 is 1.82 bits per heavy atom. The molecule has 3 aromatic rings. The van der Waals surface area contributed by atoms with Crippen molar-refractivity contribution in [2.45, 2.75) is 18.6 Å². The van der Waals surface area contributed by atoms with Crippen LogP contribution in [0.15, 0.2) is 67.3 Å². The first-order chi connectivity index (χ1) is 16.3. The first kappa shape index (κ1) is 22.0. The van der Waals surface area contributed by atoms with E-state index < -0.39 is 11.7 Å². The highest BCUT2D eigenvalue weighted by atomic mass is 19.4. The van der Waals surface area contributed by atoms with Crippen molar-refractivity contribution >= 4 is 11.7 Å². The molecule has 174 valence electrons. The number of fused-ring (bicyclic) bond motifs is 1. The maximum absolute atomic E-state index is 13.7. The molecule has 2 aliphatic rings. The minimum absolute atomic E-state index is 0.205. The fourth-order valence-electron chi connectivity index (χ4n) is 4.45. The van der Waals surface area contributed by atoms with Crippen molar-refractivity contribution in [3.05, 3.63) is 78.5 Å². The Labute approximate surface area is 193 Å². The van der Waals surface area contributed by atoms with Crippen LogP contribution < -0.4 is 5.32 Å². The van der Waals surface area contributed by atoms with Crippen LogP contribution in [0.2, 0.25) is 0 Å². The van der Waals surface area contributed by atoms with E-state index >= 15 is 0 Å². The van der Waals surface area contributed by atoms with Gasteiger partial charge in [-0.1, -0.05) is 12.2 Å². The summed E-state index contributed by atoms with van der Waals surface area (Å²) in [6, 6.07) is 7.26. The third-order valence-corrected chi connectivity index (χ3v) is 6.38. The molecule has 0 radical (unpaired) electrons. The lowest BCUT2D eigenvalue weighted by molar-refractivity contribution is -0.137. The Morgan fingerprint density at radius 3 is 2.53 bits per heavy atom. The second kappa shape index (κ2) is 8.51. The number of likely N-dealkylation sites (tertiary alicyclic amines) is 1. The molecule has 0 bridgehead atoms. The number of carbonyl (C=O) groups excluding carboxylic acids is 1. The van der Waals surface area contributed by atoms with Crippen molar-refractivity contribution in [2.75, 3.05) is 18.4 Å². The van der Waals surface area contributed by atoms with Gasteiger partial charge in [0.2, 0.25) is 0 Å². The van der Waals surface area contributed by atoms with Gasteiger partial charge >= 0.3 is 6.18 Å². The topological polar surface area (TPSA) is 83.9 Å². The Kier molecular flexibility index (Phi) is 5.51. The summed E-state index contributed by atoms with van der Waals surface area (Å²) in [4.78, 5) is 32.1. The zero-order valence-corrected chi connectivity index (χ0v) is 18.0. The van der Waals surface area contributed by atoms with E-state index in [9.17, 15) is 18.0 Å². The molecule has 2 fully saturated rings. The smallest absolute Gasteiger partial charge is 0.368 e. The van der Waals surface area contributed by atoms with Crippen molar-refractivity contribution in [1.82, 2.24) is 24.8 Å². The summed E-state index contributed by atoms with van der Waals surface area (Å²) in [5.74, 6) is 1.08. The molecular weight excluding hydrogens is 445 g/mol. The molecule has 1 saturated heterocycles. The summed E-state index contributed by atoms with van der Waals surface area (Å²) in [7, 11) is 0. The number of hydrogen-bond acceptors (Lipinski definition) is 6. The van der Waals surface area contributed by atoms with Crippen LogP contribution in [-0.2, 0) is 6.18 Å². The van der Waals surface area contributed by atoms with Gasteiger partial charge in [0.1, 0.15) is 11.5 Å². The van der Waals surface area contributed by atoms with Crippen molar-refractivity contribution in [3.63, 3.8) is 0 Å². The number of halogens is 3. The molecule has 10 heteroatoms. The summed E-state index contributed by atoms with van der Waals surface area (Å²) < 4.78 is 38.4. The molecule has 3 unspecified atom stereocenters. The van der Waals surface area contributed by atoms with Crippen LogP contribution in [-0.4, -0.2) is 49.9 Å². The summed E-state index contributed by atoms with van der Waals surface area (Å²) >= 11 is 0. The van der Waals surface area contributed by atoms with Crippen LogP contribution in [0.1, 0.15) is 22.5 Å². The summed E-state index contributed by atoms with van der Waals surface area (Å²) in [5.41, 5.74) is 1.12. The molecule has 3 atom stereocenters. The average Bonchev–Trinajstić information content (AvgIpc) is 3.49. The zero-order chi connectivity index (χ0) is 23.9. The molecular formula is C24H21F3N6O. The van der Waals surface area contributed by atoms with E-state index in [-0.39, 0.29) is 23.6 Å². The zero-order valence-electron chi connectivity index (χ0n) is 18.0. The van der Waals surface area contributed by atoms with E-state index in [0.717, 1.165) is 17.8 Å². The lowest BCUT2D eigenvalue weighted by Gasteiger charge is -2.35. The molecule has 0 spiro atoms. The second-order valence-electron chi connectivity index (χ2n) is 8.42.